The maximum atomic E-state index is 13.0. The SMILES string of the molecule is C[C@H]1CCc2c(sc3nnn([C@@H](C)C(=O)Nc4ccccc4)c(=O)c23)C1. The molecule has 7 heteroatoms. The third-order valence-corrected chi connectivity index (χ3v) is 6.07. The number of nitrogens with one attached hydrogen (secondary N) is 1. The summed E-state index contributed by atoms with van der Waals surface area (Å²) in [5.74, 6) is 0.339. The van der Waals surface area contributed by atoms with Gasteiger partial charge in [-0.25, -0.2) is 0 Å². The van der Waals surface area contributed by atoms with Gasteiger partial charge in [-0.2, -0.15) is 4.68 Å². The molecule has 0 bridgehead atoms. The fourth-order valence-electron chi connectivity index (χ4n) is 3.40. The zero-order valence-electron chi connectivity index (χ0n) is 14.7. The van der Waals surface area contributed by atoms with Crippen molar-refractivity contribution in [1.82, 2.24) is 15.0 Å². The Hall–Kier alpha value is -2.54. The van der Waals surface area contributed by atoms with Crippen LogP contribution >= 0.6 is 11.3 Å². The van der Waals surface area contributed by atoms with Crippen LogP contribution in [-0.2, 0) is 17.6 Å². The van der Waals surface area contributed by atoms with Gasteiger partial charge >= 0.3 is 0 Å². The average Bonchev–Trinajstić information content (AvgIpc) is 3.00. The molecule has 2 aromatic heterocycles. The lowest BCUT2D eigenvalue weighted by Gasteiger charge is -2.17. The highest BCUT2D eigenvalue weighted by atomic mass is 32.1. The van der Waals surface area contributed by atoms with Gasteiger partial charge < -0.3 is 5.32 Å². The van der Waals surface area contributed by atoms with Crippen molar-refractivity contribution in [3.05, 3.63) is 51.1 Å². The van der Waals surface area contributed by atoms with Crippen molar-refractivity contribution in [2.45, 2.75) is 39.2 Å². The van der Waals surface area contributed by atoms with Crippen molar-refractivity contribution in [2.75, 3.05) is 5.32 Å². The highest BCUT2D eigenvalue weighted by Gasteiger charge is 2.26. The summed E-state index contributed by atoms with van der Waals surface area (Å²) in [5, 5.41) is 11.7. The van der Waals surface area contributed by atoms with Crippen LogP contribution in [0.1, 0.15) is 36.8 Å². The molecule has 6 nitrogen and oxygen atoms in total. The first kappa shape index (κ1) is 16.9. The van der Waals surface area contributed by atoms with Gasteiger partial charge in [-0.05, 0) is 49.8 Å². The monoisotopic (exact) mass is 368 g/mol. The Kier molecular flexibility index (Phi) is 4.32. The lowest BCUT2D eigenvalue weighted by Crippen LogP contribution is -2.34. The van der Waals surface area contributed by atoms with E-state index in [4.69, 9.17) is 0 Å². The van der Waals surface area contributed by atoms with E-state index in [9.17, 15) is 9.59 Å². The molecule has 1 aliphatic rings. The normalized spacial score (nSPS) is 17.7. The van der Waals surface area contributed by atoms with Crippen molar-refractivity contribution in [2.24, 2.45) is 5.92 Å². The Labute approximate surface area is 154 Å². The van der Waals surface area contributed by atoms with Crippen LogP contribution in [0.2, 0.25) is 0 Å². The maximum Gasteiger partial charge on any atom is 0.279 e. The number of hydrogen-bond acceptors (Lipinski definition) is 5. The number of benzene rings is 1. The van der Waals surface area contributed by atoms with E-state index in [1.807, 2.05) is 18.2 Å². The number of anilines is 1. The van der Waals surface area contributed by atoms with Gasteiger partial charge in [0.15, 0.2) is 4.83 Å². The lowest BCUT2D eigenvalue weighted by atomic mass is 9.89. The first-order chi connectivity index (χ1) is 12.5. The Morgan fingerprint density at radius 2 is 2.12 bits per heavy atom. The van der Waals surface area contributed by atoms with Gasteiger partial charge in [0.25, 0.3) is 5.56 Å². The van der Waals surface area contributed by atoms with Crippen LogP contribution in [0.3, 0.4) is 0 Å². The number of amides is 1. The van der Waals surface area contributed by atoms with Crippen LogP contribution in [0.15, 0.2) is 35.1 Å². The number of aryl methyl sites for hydroxylation is 1. The zero-order chi connectivity index (χ0) is 18.3. The molecule has 1 N–H and O–H groups in total. The summed E-state index contributed by atoms with van der Waals surface area (Å²) in [5.41, 5.74) is 1.57. The summed E-state index contributed by atoms with van der Waals surface area (Å²) in [6.07, 6.45) is 2.95. The van der Waals surface area contributed by atoms with Crippen molar-refractivity contribution in [3.63, 3.8) is 0 Å². The molecular formula is C19H20N4O2S. The number of rotatable bonds is 3. The van der Waals surface area contributed by atoms with Crippen molar-refractivity contribution in [3.8, 4) is 0 Å². The quantitative estimate of drug-likeness (QED) is 0.770. The summed E-state index contributed by atoms with van der Waals surface area (Å²) >= 11 is 1.56. The summed E-state index contributed by atoms with van der Waals surface area (Å²) in [4.78, 5) is 27.5. The highest BCUT2D eigenvalue weighted by Crippen LogP contribution is 2.35. The second-order valence-electron chi connectivity index (χ2n) is 6.90. The van der Waals surface area contributed by atoms with Gasteiger partial charge in [-0.3, -0.25) is 9.59 Å². The molecule has 1 aromatic carbocycles. The Bertz CT molecular complexity index is 1030. The Balaban J connectivity index is 1.69. The summed E-state index contributed by atoms with van der Waals surface area (Å²) in [6.45, 7) is 3.90. The number of hydrogen-bond donors (Lipinski definition) is 1. The zero-order valence-corrected chi connectivity index (χ0v) is 15.5. The van der Waals surface area contributed by atoms with Crippen LogP contribution in [-0.4, -0.2) is 20.9 Å². The van der Waals surface area contributed by atoms with E-state index in [0.29, 0.717) is 21.8 Å². The van der Waals surface area contributed by atoms with Crippen LogP contribution in [0.5, 0.6) is 0 Å². The summed E-state index contributed by atoms with van der Waals surface area (Å²) in [6, 6.07) is 8.44. The largest absolute Gasteiger partial charge is 0.324 e. The molecule has 0 radical (unpaired) electrons. The topological polar surface area (TPSA) is 76.9 Å². The van der Waals surface area contributed by atoms with E-state index in [0.717, 1.165) is 24.8 Å². The molecule has 0 fully saturated rings. The van der Waals surface area contributed by atoms with Gasteiger partial charge in [-0.15, -0.1) is 16.4 Å². The number of carbonyl (C=O) groups excluding carboxylic acids is 1. The molecule has 0 unspecified atom stereocenters. The number of aromatic nitrogens is 3. The predicted octanol–water partition coefficient (Wildman–Crippen LogP) is 3.18. The molecule has 1 amide bonds. The first-order valence-electron chi connectivity index (χ1n) is 8.80. The highest BCUT2D eigenvalue weighted by molar-refractivity contribution is 7.18. The first-order valence-corrected chi connectivity index (χ1v) is 9.62. The van der Waals surface area contributed by atoms with Crippen LogP contribution in [0.4, 0.5) is 5.69 Å². The molecular weight excluding hydrogens is 348 g/mol. The van der Waals surface area contributed by atoms with Gasteiger partial charge in [0.05, 0.1) is 5.39 Å². The van der Waals surface area contributed by atoms with Crippen molar-refractivity contribution >= 4 is 33.1 Å². The molecule has 4 rings (SSSR count). The number of fused-ring (bicyclic) bond motifs is 3. The average molecular weight is 368 g/mol. The maximum absolute atomic E-state index is 13.0. The standard InChI is InChI=1S/C19H20N4O2S/c1-11-8-9-14-15(10-11)26-18-16(14)19(25)23(22-21-18)12(2)17(24)20-13-6-4-3-5-7-13/h3-7,11-12H,8-10H2,1-2H3,(H,20,24)/t11-,12-/m0/s1. The van der Waals surface area contributed by atoms with E-state index >= 15 is 0 Å². The van der Waals surface area contributed by atoms with E-state index < -0.39 is 6.04 Å². The second kappa shape index (κ2) is 6.64. The van der Waals surface area contributed by atoms with Crippen LogP contribution < -0.4 is 10.9 Å². The molecule has 134 valence electrons. The summed E-state index contributed by atoms with van der Waals surface area (Å²) in [7, 11) is 0. The molecule has 0 aliphatic heterocycles. The molecule has 3 aromatic rings. The molecule has 0 saturated carbocycles. The van der Waals surface area contributed by atoms with Crippen molar-refractivity contribution < 1.29 is 4.79 Å². The molecule has 0 spiro atoms. The number of nitrogens with zero attached hydrogens (tertiary/aromatic N) is 3. The molecule has 1 aliphatic carbocycles. The minimum Gasteiger partial charge on any atom is -0.324 e. The minimum absolute atomic E-state index is 0.224. The second-order valence-corrected chi connectivity index (χ2v) is 7.99. The molecule has 2 heterocycles. The third kappa shape index (κ3) is 2.92. The Morgan fingerprint density at radius 3 is 2.88 bits per heavy atom. The third-order valence-electron chi connectivity index (χ3n) is 4.93. The van der Waals surface area contributed by atoms with E-state index in [2.05, 4.69) is 22.6 Å². The molecule has 2 atom stereocenters. The lowest BCUT2D eigenvalue weighted by molar-refractivity contribution is -0.119. The van der Waals surface area contributed by atoms with Crippen LogP contribution in [0, 0.1) is 5.92 Å². The number of thiophene rings is 1. The van der Waals surface area contributed by atoms with Gasteiger partial charge in [-0.1, -0.05) is 30.3 Å². The van der Waals surface area contributed by atoms with Gasteiger partial charge in [0.1, 0.15) is 6.04 Å². The molecule has 0 saturated heterocycles. The van der Waals surface area contributed by atoms with E-state index in [1.54, 1.807) is 30.4 Å². The fourth-order valence-corrected chi connectivity index (χ4v) is 4.72. The minimum atomic E-state index is -0.738. The van der Waals surface area contributed by atoms with Gasteiger partial charge in [0.2, 0.25) is 5.91 Å². The van der Waals surface area contributed by atoms with E-state index in [1.165, 1.54) is 9.56 Å². The number of carbonyl (C=O) groups is 1. The van der Waals surface area contributed by atoms with E-state index in [-0.39, 0.29) is 11.5 Å². The fraction of sp³-hybridized carbons (Fsp3) is 0.368. The smallest absolute Gasteiger partial charge is 0.279 e. The summed E-state index contributed by atoms with van der Waals surface area (Å²) < 4.78 is 1.20. The van der Waals surface area contributed by atoms with Crippen LogP contribution in [0.25, 0.3) is 10.2 Å². The Morgan fingerprint density at radius 1 is 1.35 bits per heavy atom. The van der Waals surface area contributed by atoms with Gasteiger partial charge in [0, 0.05) is 10.6 Å². The number of para-hydroxylation sites is 1. The predicted molar refractivity (Wildman–Crippen MR) is 103 cm³/mol. The molecule has 26 heavy (non-hydrogen) atoms. The van der Waals surface area contributed by atoms with Crippen molar-refractivity contribution in [1.29, 1.82) is 0 Å².